The first-order chi connectivity index (χ1) is 9.74. The topological polar surface area (TPSA) is 70.8 Å². The minimum Gasteiger partial charge on any atom is -0.437 e. The second-order valence-electron chi connectivity index (χ2n) is 4.32. The van der Waals surface area contributed by atoms with Gasteiger partial charge in [-0.1, -0.05) is 19.1 Å². The van der Waals surface area contributed by atoms with Gasteiger partial charge < -0.3 is 10.1 Å². The third-order valence-electron chi connectivity index (χ3n) is 2.67. The molecular weight excluding hydrogens is 252 g/mol. The molecule has 0 atom stereocenters. The van der Waals surface area contributed by atoms with Crippen LogP contribution in [0.4, 0.5) is 5.95 Å². The fraction of sp³-hybridized carbons (Fsp3) is 0.267. The normalized spacial score (nSPS) is 9.85. The highest BCUT2D eigenvalue weighted by Gasteiger charge is 2.09. The first-order valence-corrected chi connectivity index (χ1v) is 6.49. The number of hydrogen-bond acceptors (Lipinski definition) is 5. The van der Waals surface area contributed by atoms with Gasteiger partial charge in [0, 0.05) is 18.3 Å². The molecule has 1 aromatic heterocycles. The van der Waals surface area contributed by atoms with Gasteiger partial charge in [-0.05, 0) is 25.5 Å². The van der Waals surface area contributed by atoms with Crippen LogP contribution < -0.4 is 10.1 Å². The van der Waals surface area contributed by atoms with E-state index in [2.05, 4.69) is 28.3 Å². The summed E-state index contributed by atoms with van der Waals surface area (Å²) in [6.45, 7) is 4.74. The summed E-state index contributed by atoms with van der Waals surface area (Å²) in [6.07, 6.45) is 2.69. The molecule has 0 saturated carbocycles. The third kappa shape index (κ3) is 3.23. The molecular formula is C15H16N4O. The lowest BCUT2D eigenvalue weighted by Crippen LogP contribution is -2.05. The molecule has 1 N–H and O–H groups in total. The Morgan fingerprint density at radius 1 is 1.35 bits per heavy atom. The maximum atomic E-state index is 9.06. The summed E-state index contributed by atoms with van der Waals surface area (Å²) in [5, 5.41) is 12.2. The van der Waals surface area contributed by atoms with Crippen molar-refractivity contribution in [1.29, 1.82) is 5.26 Å². The molecule has 2 rings (SSSR count). The molecule has 2 aromatic rings. The zero-order valence-corrected chi connectivity index (χ0v) is 11.6. The van der Waals surface area contributed by atoms with Crippen molar-refractivity contribution in [2.24, 2.45) is 0 Å². The maximum Gasteiger partial charge on any atom is 0.227 e. The van der Waals surface area contributed by atoms with Crippen LogP contribution in [-0.4, -0.2) is 16.5 Å². The fourth-order valence-electron chi connectivity index (χ4n) is 1.60. The Morgan fingerprint density at radius 2 is 2.15 bits per heavy atom. The van der Waals surface area contributed by atoms with E-state index in [-0.39, 0.29) is 0 Å². The molecule has 1 heterocycles. The Hall–Kier alpha value is -2.61. The van der Waals surface area contributed by atoms with Gasteiger partial charge in [-0.3, -0.25) is 0 Å². The van der Waals surface area contributed by atoms with Gasteiger partial charge in [0.05, 0.1) is 5.56 Å². The second-order valence-corrected chi connectivity index (χ2v) is 4.32. The van der Waals surface area contributed by atoms with Crippen molar-refractivity contribution in [1.82, 2.24) is 9.97 Å². The summed E-state index contributed by atoms with van der Waals surface area (Å²) in [4.78, 5) is 8.52. The highest BCUT2D eigenvalue weighted by molar-refractivity contribution is 5.45. The third-order valence-corrected chi connectivity index (χ3v) is 2.67. The van der Waals surface area contributed by atoms with E-state index < -0.39 is 0 Å². The predicted molar refractivity (Wildman–Crippen MR) is 76.8 cm³/mol. The van der Waals surface area contributed by atoms with Gasteiger partial charge in [0.15, 0.2) is 0 Å². The van der Waals surface area contributed by atoms with Crippen molar-refractivity contribution in [2.75, 3.05) is 11.9 Å². The minimum atomic E-state index is 0.460. The molecule has 0 aliphatic carbocycles. The molecule has 0 unspecified atom stereocenters. The SMILES string of the molecule is CCCNc1ncc(C)c(Oc2ccccc2C#N)n1. The smallest absolute Gasteiger partial charge is 0.227 e. The van der Waals surface area contributed by atoms with Crippen LogP contribution in [0.1, 0.15) is 24.5 Å². The van der Waals surface area contributed by atoms with E-state index in [1.54, 1.807) is 24.4 Å². The number of nitrogens with zero attached hydrogens (tertiary/aromatic N) is 3. The summed E-state index contributed by atoms with van der Waals surface area (Å²) in [5.74, 6) is 1.49. The van der Waals surface area contributed by atoms with Crippen LogP contribution >= 0.6 is 0 Å². The van der Waals surface area contributed by atoms with Crippen LogP contribution in [0.15, 0.2) is 30.5 Å². The summed E-state index contributed by atoms with van der Waals surface area (Å²) < 4.78 is 5.74. The highest BCUT2D eigenvalue weighted by Crippen LogP contribution is 2.26. The van der Waals surface area contributed by atoms with E-state index in [1.807, 2.05) is 13.0 Å². The van der Waals surface area contributed by atoms with Crippen molar-refractivity contribution in [3.8, 4) is 17.7 Å². The molecule has 0 bridgehead atoms. The number of benzene rings is 1. The molecule has 0 spiro atoms. The first kappa shape index (κ1) is 13.8. The molecule has 5 heteroatoms. The monoisotopic (exact) mass is 268 g/mol. The number of nitriles is 1. The molecule has 1 aromatic carbocycles. The van der Waals surface area contributed by atoms with Gasteiger partial charge in [0.25, 0.3) is 0 Å². The number of nitrogens with one attached hydrogen (secondary N) is 1. The number of anilines is 1. The van der Waals surface area contributed by atoms with E-state index in [1.165, 1.54) is 0 Å². The summed E-state index contributed by atoms with van der Waals surface area (Å²) in [6, 6.07) is 9.18. The number of hydrogen-bond donors (Lipinski definition) is 1. The van der Waals surface area contributed by atoms with Gasteiger partial charge in [-0.2, -0.15) is 10.2 Å². The number of para-hydroxylation sites is 1. The Morgan fingerprint density at radius 3 is 2.90 bits per heavy atom. The van der Waals surface area contributed by atoms with E-state index in [0.29, 0.717) is 23.1 Å². The first-order valence-electron chi connectivity index (χ1n) is 6.49. The zero-order valence-electron chi connectivity index (χ0n) is 11.6. The number of aryl methyl sites for hydroxylation is 1. The van der Waals surface area contributed by atoms with Crippen LogP contribution in [0.25, 0.3) is 0 Å². The Bertz CT molecular complexity index is 634. The second kappa shape index (κ2) is 6.53. The van der Waals surface area contributed by atoms with Crippen LogP contribution in [0.5, 0.6) is 11.6 Å². The highest BCUT2D eigenvalue weighted by atomic mass is 16.5. The molecule has 5 nitrogen and oxygen atoms in total. The molecule has 0 saturated heterocycles. The molecule has 102 valence electrons. The van der Waals surface area contributed by atoms with Crippen molar-refractivity contribution < 1.29 is 4.74 Å². The summed E-state index contributed by atoms with van der Waals surface area (Å²) >= 11 is 0. The molecule has 0 fully saturated rings. The fourth-order valence-corrected chi connectivity index (χ4v) is 1.60. The van der Waals surface area contributed by atoms with Crippen LogP contribution in [0.2, 0.25) is 0 Å². The van der Waals surface area contributed by atoms with Crippen LogP contribution in [0.3, 0.4) is 0 Å². The number of aromatic nitrogens is 2. The number of ether oxygens (including phenoxy) is 1. The Balaban J connectivity index is 2.26. The zero-order chi connectivity index (χ0) is 14.4. The van der Waals surface area contributed by atoms with E-state index in [9.17, 15) is 0 Å². The lowest BCUT2D eigenvalue weighted by atomic mass is 10.2. The van der Waals surface area contributed by atoms with Crippen molar-refractivity contribution >= 4 is 5.95 Å². The van der Waals surface area contributed by atoms with E-state index in [4.69, 9.17) is 10.00 Å². The molecule has 20 heavy (non-hydrogen) atoms. The van der Waals surface area contributed by atoms with E-state index >= 15 is 0 Å². The average Bonchev–Trinajstić information content (AvgIpc) is 2.48. The van der Waals surface area contributed by atoms with Crippen molar-refractivity contribution in [3.63, 3.8) is 0 Å². The standard InChI is InChI=1S/C15H16N4O/c1-3-8-17-15-18-10-11(2)14(19-15)20-13-7-5-4-6-12(13)9-16/h4-7,10H,3,8H2,1-2H3,(H,17,18,19). The maximum absolute atomic E-state index is 9.06. The molecule has 0 radical (unpaired) electrons. The van der Waals surface area contributed by atoms with Gasteiger partial charge in [0.2, 0.25) is 11.8 Å². The Kier molecular flexibility index (Phi) is 4.51. The molecule has 0 amide bonds. The lowest BCUT2D eigenvalue weighted by molar-refractivity contribution is 0.456. The molecule has 0 aliphatic rings. The quantitative estimate of drug-likeness (QED) is 0.901. The van der Waals surface area contributed by atoms with E-state index in [0.717, 1.165) is 18.5 Å². The van der Waals surface area contributed by atoms with Crippen molar-refractivity contribution in [2.45, 2.75) is 20.3 Å². The molecule has 0 aliphatic heterocycles. The summed E-state index contributed by atoms with van der Waals surface area (Å²) in [5.41, 5.74) is 1.30. The van der Waals surface area contributed by atoms with Gasteiger partial charge in [0.1, 0.15) is 11.8 Å². The largest absolute Gasteiger partial charge is 0.437 e. The van der Waals surface area contributed by atoms with Crippen molar-refractivity contribution in [3.05, 3.63) is 41.6 Å². The van der Waals surface area contributed by atoms with Gasteiger partial charge >= 0.3 is 0 Å². The van der Waals surface area contributed by atoms with Gasteiger partial charge in [-0.15, -0.1) is 0 Å². The van der Waals surface area contributed by atoms with Crippen LogP contribution in [0, 0.1) is 18.3 Å². The van der Waals surface area contributed by atoms with Gasteiger partial charge in [-0.25, -0.2) is 4.98 Å². The lowest BCUT2D eigenvalue weighted by Gasteiger charge is -2.10. The van der Waals surface area contributed by atoms with Crippen LogP contribution in [-0.2, 0) is 0 Å². The summed E-state index contributed by atoms with van der Waals surface area (Å²) in [7, 11) is 0. The Labute approximate surface area is 118 Å². The average molecular weight is 268 g/mol. The minimum absolute atomic E-state index is 0.460. The predicted octanol–water partition coefficient (Wildman–Crippen LogP) is 3.27. The number of rotatable bonds is 5.